The maximum atomic E-state index is 12.7. The Bertz CT molecular complexity index is 963. The van der Waals surface area contributed by atoms with Crippen molar-refractivity contribution in [2.75, 3.05) is 20.8 Å². The summed E-state index contributed by atoms with van der Waals surface area (Å²) in [6, 6.07) is 7.87. The zero-order chi connectivity index (χ0) is 20.7. The van der Waals surface area contributed by atoms with E-state index in [0.29, 0.717) is 12.0 Å². The quantitative estimate of drug-likeness (QED) is 0.634. The van der Waals surface area contributed by atoms with Crippen molar-refractivity contribution in [1.29, 1.82) is 0 Å². The molecule has 2 aliphatic heterocycles. The molecule has 0 saturated carbocycles. The number of benzene rings is 1. The van der Waals surface area contributed by atoms with Gasteiger partial charge >= 0.3 is 11.9 Å². The number of carbonyl (C=O) groups is 2. The van der Waals surface area contributed by atoms with Crippen molar-refractivity contribution in [2.45, 2.75) is 38.3 Å². The molecule has 6 nitrogen and oxygen atoms in total. The first-order valence-corrected chi connectivity index (χ1v) is 10.2. The van der Waals surface area contributed by atoms with Crippen molar-refractivity contribution in [2.24, 2.45) is 11.8 Å². The van der Waals surface area contributed by atoms with Gasteiger partial charge in [0.15, 0.2) is 0 Å². The van der Waals surface area contributed by atoms with E-state index in [1.165, 1.54) is 19.8 Å². The third-order valence-corrected chi connectivity index (χ3v) is 6.76. The summed E-state index contributed by atoms with van der Waals surface area (Å²) >= 11 is 0. The fourth-order valence-corrected chi connectivity index (χ4v) is 5.24. The minimum absolute atomic E-state index is 0.00413. The van der Waals surface area contributed by atoms with E-state index in [0.717, 1.165) is 36.0 Å². The Balaban J connectivity index is 1.80. The Morgan fingerprint density at radius 2 is 2.00 bits per heavy atom. The van der Waals surface area contributed by atoms with Gasteiger partial charge in [-0.05, 0) is 29.9 Å². The summed E-state index contributed by atoms with van der Waals surface area (Å²) in [5.74, 6) is -0.301. The average molecular weight is 396 g/mol. The van der Waals surface area contributed by atoms with Crippen LogP contribution in [0.15, 0.2) is 36.4 Å². The van der Waals surface area contributed by atoms with Crippen LogP contribution < -0.4 is 0 Å². The molecule has 154 valence electrons. The van der Waals surface area contributed by atoms with Gasteiger partial charge in [0.1, 0.15) is 6.04 Å². The third-order valence-electron chi connectivity index (χ3n) is 6.76. The number of ether oxygens (including phenoxy) is 2. The van der Waals surface area contributed by atoms with Gasteiger partial charge < -0.3 is 14.5 Å². The number of esters is 2. The van der Waals surface area contributed by atoms with Crippen molar-refractivity contribution in [3.8, 4) is 0 Å². The largest absolute Gasteiger partial charge is 0.468 e. The molecule has 0 amide bonds. The molecule has 0 aliphatic carbocycles. The number of H-pyrrole nitrogens is 1. The van der Waals surface area contributed by atoms with Crippen LogP contribution in [0, 0.1) is 11.8 Å². The maximum Gasteiger partial charge on any atom is 0.333 e. The van der Waals surface area contributed by atoms with Crippen LogP contribution in [0.1, 0.15) is 37.1 Å². The first kappa shape index (κ1) is 19.7. The molecule has 3 heterocycles. The van der Waals surface area contributed by atoms with Gasteiger partial charge in [-0.15, -0.1) is 0 Å². The zero-order valence-corrected chi connectivity index (χ0v) is 17.2. The van der Waals surface area contributed by atoms with Gasteiger partial charge in [-0.2, -0.15) is 0 Å². The second-order valence-electron chi connectivity index (χ2n) is 8.05. The van der Waals surface area contributed by atoms with Crippen LogP contribution in [0.3, 0.4) is 0 Å². The normalized spacial score (nSPS) is 26.4. The number of nitrogens with one attached hydrogen (secondary N) is 1. The lowest BCUT2D eigenvalue weighted by Crippen LogP contribution is -2.54. The third kappa shape index (κ3) is 3.15. The number of aromatic amines is 1. The molecule has 1 fully saturated rings. The number of methoxy groups -OCH3 is 2. The van der Waals surface area contributed by atoms with E-state index in [9.17, 15) is 9.59 Å². The Hall–Kier alpha value is -2.60. The molecule has 1 N–H and O–H groups in total. The summed E-state index contributed by atoms with van der Waals surface area (Å²) < 4.78 is 10.1. The number of hydrogen-bond donors (Lipinski definition) is 1. The molecule has 0 unspecified atom stereocenters. The molecule has 1 aromatic heterocycles. The lowest BCUT2D eigenvalue weighted by atomic mass is 9.73. The molecular formula is C23H28N2O4. The molecule has 6 heteroatoms. The molecular weight excluding hydrogens is 368 g/mol. The molecule has 4 atom stereocenters. The molecule has 4 rings (SSSR count). The highest BCUT2D eigenvalue weighted by Gasteiger charge is 2.47. The fraction of sp³-hybridized carbons (Fsp3) is 0.478. The van der Waals surface area contributed by atoms with Crippen molar-refractivity contribution < 1.29 is 19.1 Å². The number of para-hydroxylation sites is 1. The van der Waals surface area contributed by atoms with Crippen molar-refractivity contribution in [3.63, 3.8) is 0 Å². The van der Waals surface area contributed by atoms with Gasteiger partial charge in [-0.25, -0.2) is 4.79 Å². The van der Waals surface area contributed by atoms with Crippen LogP contribution in [-0.2, 0) is 25.5 Å². The highest BCUT2D eigenvalue weighted by molar-refractivity contribution is 5.89. The number of fused-ring (bicyclic) bond motifs is 5. The van der Waals surface area contributed by atoms with Crippen LogP contribution in [0.4, 0.5) is 0 Å². The minimum Gasteiger partial charge on any atom is -0.468 e. The number of hydrogen-bond acceptors (Lipinski definition) is 5. The van der Waals surface area contributed by atoms with Crippen LogP contribution in [0.5, 0.6) is 0 Å². The summed E-state index contributed by atoms with van der Waals surface area (Å²) in [6.45, 7) is 6.90. The monoisotopic (exact) mass is 396 g/mol. The summed E-state index contributed by atoms with van der Waals surface area (Å²) in [7, 11) is 2.85. The van der Waals surface area contributed by atoms with Gasteiger partial charge in [0.25, 0.3) is 0 Å². The van der Waals surface area contributed by atoms with Crippen molar-refractivity contribution in [3.05, 3.63) is 47.7 Å². The second kappa shape index (κ2) is 7.67. The van der Waals surface area contributed by atoms with Gasteiger partial charge in [0, 0.05) is 35.1 Å². The summed E-state index contributed by atoms with van der Waals surface area (Å²) in [4.78, 5) is 30.8. The highest BCUT2D eigenvalue weighted by atomic mass is 16.5. The SMILES string of the molecule is C=C(C(=O)OC)[C@H]1C[C@H]2c3[nH]c4ccccc4c3C[C@@H](C(=O)OC)N2C[C@H]1CC. The second-order valence-corrected chi connectivity index (χ2v) is 8.05. The van der Waals surface area contributed by atoms with Gasteiger partial charge in [0.2, 0.25) is 0 Å². The maximum absolute atomic E-state index is 12.7. The summed E-state index contributed by atoms with van der Waals surface area (Å²) in [6.07, 6.45) is 2.25. The first-order valence-electron chi connectivity index (χ1n) is 10.2. The molecule has 29 heavy (non-hydrogen) atoms. The smallest absolute Gasteiger partial charge is 0.333 e. The van der Waals surface area contributed by atoms with Crippen molar-refractivity contribution >= 4 is 22.8 Å². The molecule has 1 aromatic carbocycles. The van der Waals surface area contributed by atoms with Gasteiger partial charge in [-0.1, -0.05) is 38.1 Å². The summed E-state index contributed by atoms with van der Waals surface area (Å²) in [5, 5.41) is 1.15. The number of aromatic nitrogens is 1. The molecule has 0 spiro atoms. The van der Waals surface area contributed by atoms with Crippen LogP contribution in [0.2, 0.25) is 0 Å². The number of rotatable bonds is 4. The van der Waals surface area contributed by atoms with Crippen molar-refractivity contribution in [1.82, 2.24) is 9.88 Å². The van der Waals surface area contributed by atoms with Gasteiger partial charge in [-0.3, -0.25) is 9.69 Å². The van der Waals surface area contributed by atoms with Gasteiger partial charge in [0.05, 0.1) is 20.3 Å². The molecule has 1 saturated heterocycles. The Morgan fingerprint density at radius 3 is 2.69 bits per heavy atom. The van der Waals surface area contributed by atoms with E-state index in [4.69, 9.17) is 9.47 Å². The number of nitrogens with zero attached hydrogens (tertiary/aromatic N) is 1. The minimum atomic E-state index is -0.348. The molecule has 0 radical (unpaired) electrons. The van der Waals surface area contributed by atoms with Crippen LogP contribution in [0.25, 0.3) is 10.9 Å². The molecule has 0 bridgehead atoms. The number of piperidine rings is 1. The van der Waals surface area contributed by atoms with E-state index in [1.54, 1.807) is 0 Å². The molecule has 2 aliphatic rings. The van der Waals surface area contributed by atoms with E-state index < -0.39 is 0 Å². The Morgan fingerprint density at radius 1 is 1.24 bits per heavy atom. The summed E-state index contributed by atoms with van der Waals surface area (Å²) in [5.41, 5.74) is 3.92. The van der Waals surface area contributed by atoms with Crippen LogP contribution in [-0.4, -0.2) is 48.6 Å². The molecule has 2 aromatic rings. The topological polar surface area (TPSA) is 71.6 Å². The predicted octanol–water partition coefficient (Wildman–Crippen LogP) is 3.38. The Labute approximate surface area is 170 Å². The lowest BCUT2D eigenvalue weighted by molar-refractivity contribution is -0.151. The average Bonchev–Trinajstić information content (AvgIpc) is 3.14. The fourth-order valence-electron chi connectivity index (χ4n) is 5.24. The Kier molecular flexibility index (Phi) is 5.21. The van der Waals surface area contributed by atoms with Crippen LogP contribution >= 0.6 is 0 Å². The van der Waals surface area contributed by atoms with E-state index in [2.05, 4.69) is 35.5 Å². The number of carbonyl (C=O) groups excluding carboxylic acids is 2. The van der Waals surface area contributed by atoms with E-state index in [1.807, 2.05) is 12.1 Å². The predicted molar refractivity (Wildman–Crippen MR) is 110 cm³/mol. The van der Waals surface area contributed by atoms with E-state index >= 15 is 0 Å². The lowest BCUT2D eigenvalue weighted by Gasteiger charge is -2.49. The highest BCUT2D eigenvalue weighted by Crippen LogP contribution is 2.47. The standard InChI is InChI=1S/C23H28N2O4/c1-5-14-12-25-19(10-16(14)13(2)22(26)28-3)21-17(11-20(25)23(27)29-4)15-8-6-7-9-18(15)24-21/h6-9,14,16,19-20,24H,2,5,10-12H2,1,3-4H3/t14-,16-,19+,20+/m1/s1. The zero-order valence-electron chi connectivity index (χ0n) is 17.2. The first-order chi connectivity index (χ1) is 14.0. The van der Waals surface area contributed by atoms with E-state index in [-0.39, 0.29) is 35.9 Å².